The summed E-state index contributed by atoms with van der Waals surface area (Å²) in [7, 11) is 0. The zero-order valence-electron chi connectivity index (χ0n) is 39.1. The number of likely N-dealkylation sites (tertiary alicyclic amines) is 1. The molecule has 1 saturated carbocycles. The molecule has 1 unspecified atom stereocenters. The smallest absolute Gasteiger partial charge is 0.263 e. The fourth-order valence-corrected chi connectivity index (χ4v) is 11.9. The molecule has 3 aromatic heterocycles. The number of hydrogen-bond acceptors (Lipinski definition) is 12. The van der Waals surface area contributed by atoms with E-state index in [1.165, 1.54) is 19.8 Å². The molecule has 0 bridgehead atoms. The number of halogens is 1. The number of nitrogens with zero attached hydrogens (tertiary/aromatic N) is 10. The lowest BCUT2D eigenvalue weighted by Gasteiger charge is -2.40. The average Bonchev–Trinajstić information content (AvgIpc) is 3.98. The van der Waals surface area contributed by atoms with Gasteiger partial charge in [0.05, 0.1) is 34.6 Å². The first-order valence-corrected chi connectivity index (χ1v) is 25.0. The molecule has 1 N–H and O–H groups in total. The molecular formula is C51H64ClN11O4. The molecule has 5 fully saturated rings. The summed E-state index contributed by atoms with van der Waals surface area (Å²) in [6.07, 6.45) is 11.9. The van der Waals surface area contributed by atoms with Crippen LogP contribution in [0.25, 0.3) is 11.0 Å². The highest BCUT2D eigenvalue weighted by Gasteiger charge is 2.40. The van der Waals surface area contributed by atoms with Crippen molar-refractivity contribution in [3.8, 4) is 0 Å². The van der Waals surface area contributed by atoms with Crippen LogP contribution in [0.1, 0.15) is 108 Å². The highest BCUT2D eigenvalue weighted by molar-refractivity contribution is 6.35. The normalized spacial score (nSPS) is 21.7. The van der Waals surface area contributed by atoms with Gasteiger partial charge in [0.15, 0.2) is 5.78 Å². The second kappa shape index (κ2) is 19.4. The summed E-state index contributed by atoms with van der Waals surface area (Å²) in [6, 6.07) is 7.67. The number of Topliss-reactive ketones (excluding diaryl/α,β-unsaturated/α-hetero) is 1. The zero-order valence-corrected chi connectivity index (χ0v) is 39.9. The first-order chi connectivity index (χ1) is 32.5. The van der Waals surface area contributed by atoms with Crippen molar-refractivity contribution < 1.29 is 14.4 Å². The fourth-order valence-electron chi connectivity index (χ4n) is 11.6. The molecule has 4 saturated heterocycles. The number of nitrogens with one attached hydrogen (secondary N) is 1. The van der Waals surface area contributed by atoms with E-state index in [0.29, 0.717) is 65.0 Å². The highest BCUT2D eigenvalue weighted by Crippen LogP contribution is 2.39. The quantitative estimate of drug-likeness (QED) is 0.180. The summed E-state index contributed by atoms with van der Waals surface area (Å²) in [5, 5.41) is 4.22. The molecule has 10 rings (SSSR count). The molecule has 1 aliphatic carbocycles. The van der Waals surface area contributed by atoms with Crippen LogP contribution in [0.4, 0.5) is 11.4 Å². The summed E-state index contributed by atoms with van der Waals surface area (Å²) >= 11 is 7.02. The summed E-state index contributed by atoms with van der Waals surface area (Å²) in [4.78, 5) is 80.9. The number of amides is 2. The number of allylic oxidation sites excluding steroid dienone is 1. The largest absolute Gasteiger partial charge is 0.368 e. The molecule has 1 aromatic carbocycles. The van der Waals surface area contributed by atoms with Gasteiger partial charge in [0, 0.05) is 119 Å². The van der Waals surface area contributed by atoms with Gasteiger partial charge in [-0.25, -0.2) is 9.97 Å². The van der Waals surface area contributed by atoms with E-state index >= 15 is 0 Å². The number of piperazine rings is 2. The third-order valence-corrected chi connectivity index (χ3v) is 16.0. The maximum atomic E-state index is 13.6. The van der Waals surface area contributed by atoms with Crippen molar-refractivity contribution in [3.63, 3.8) is 0 Å². The Kier molecular flexibility index (Phi) is 13.2. The summed E-state index contributed by atoms with van der Waals surface area (Å²) in [5.74, 6) is 0.841. The molecule has 67 heavy (non-hydrogen) atoms. The van der Waals surface area contributed by atoms with Crippen LogP contribution in [0.15, 0.2) is 53.7 Å². The Balaban J connectivity index is 0.647. The van der Waals surface area contributed by atoms with Crippen LogP contribution in [0.5, 0.6) is 0 Å². The van der Waals surface area contributed by atoms with Gasteiger partial charge in [-0.05, 0) is 101 Å². The molecule has 0 radical (unpaired) electrons. The number of piperidine rings is 2. The van der Waals surface area contributed by atoms with E-state index in [1.807, 2.05) is 25.3 Å². The number of aromatic nitrogens is 4. The molecule has 15 nitrogen and oxygen atoms in total. The standard InChI is InChI=1S/C51H64ClN11O4/c1-33-8-12-44(49(65)55-33)62-32-42-40(50(62)66)11-13-43(47(42)52)61-26-22-59(23-27-61)31-36-14-16-57(17-15-36)18-19-58-20-24-60(25-21-58)39-10-9-37(53-29-39)28-45-54-30-41-34(2)46(35(3)64)51(67)63(48(41)56-45)38-6-4-5-7-38/h9-11,13,29-30,36,38,44H,1,4-8,12,14-28,31-32H2,2-3H3,(H,55,65). The molecular weight excluding hydrogens is 866 g/mol. The molecule has 6 aliphatic rings. The van der Waals surface area contributed by atoms with Crippen molar-refractivity contribution >= 4 is 51.6 Å². The minimum Gasteiger partial charge on any atom is -0.368 e. The lowest BCUT2D eigenvalue weighted by Crippen LogP contribution is -2.50. The average molecular weight is 931 g/mol. The van der Waals surface area contributed by atoms with Crippen molar-refractivity contribution in [2.24, 2.45) is 5.92 Å². The summed E-state index contributed by atoms with van der Waals surface area (Å²) in [6.45, 7) is 21.0. The van der Waals surface area contributed by atoms with E-state index in [1.54, 1.807) is 15.7 Å². The van der Waals surface area contributed by atoms with Crippen LogP contribution in [0.2, 0.25) is 5.02 Å². The Labute approximate surface area is 398 Å². The van der Waals surface area contributed by atoms with Crippen molar-refractivity contribution in [2.75, 3.05) is 94.9 Å². The van der Waals surface area contributed by atoms with Gasteiger partial charge < -0.3 is 24.9 Å². The number of aryl methyl sites for hydroxylation is 1. The molecule has 5 aliphatic heterocycles. The molecule has 354 valence electrons. The van der Waals surface area contributed by atoms with Crippen LogP contribution in [0.3, 0.4) is 0 Å². The van der Waals surface area contributed by atoms with Crippen LogP contribution >= 0.6 is 11.6 Å². The molecule has 4 aromatic rings. The van der Waals surface area contributed by atoms with E-state index in [9.17, 15) is 19.2 Å². The van der Waals surface area contributed by atoms with E-state index in [2.05, 4.69) is 53.5 Å². The number of ketones is 1. The van der Waals surface area contributed by atoms with Gasteiger partial charge in [-0.1, -0.05) is 31.0 Å². The first kappa shape index (κ1) is 45.6. The van der Waals surface area contributed by atoms with E-state index in [4.69, 9.17) is 21.6 Å². The van der Waals surface area contributed by atoms with Crippen LogP contribution in [-0.4, -0.2) is 148 Å². The summed E-state index contributed by atoms with van der Waals surface area (Å²) < 4.78 is 1.77. The number of pyridine rings is 2. The van der Waals surface area contributed by atoms with Gasteiger partial charge in [0.2, 0.25) is 5.91 Å². The van der Waals surface area contributed by atoms with Crippen molar-refractivity contribution in [2.45, 2.75) is 90.3 Å². The lowest BCUT2D eigenvalue weighted by atomic mass is 9.96. The van der Waals surface area contributed by atoms with Crippen molar-refractivity contribution in [3.05, 3.63) is 98.1 Å². The third kappa shape index (κ3) is 9.36. The van der Waals surface area contributed by atoms with E-state index < -0.39 is 6.04 Å². The number of anilines is 2. The van der Waals surface area contributed by atoms with E-state index in [-0.39, 0.29) is 34.8 Å². The number of rotatable bonds is 12. The minimum absolute atomic E-state index is 0.0514. The Morgan fingerprint density at radius 3 is 2.21 bits per heavy atom. The van der Waals surface area contributed by atoms with Gasteiger partial charge >= 0.3 is 0 Å². The van der Waals surface area contributed by atoms with Crippen LogP contribution < -0.4 is 20.7 Å². The Bertz CT molecular complexity index is 2610. The van der Waals surface area contributed by atoms with Crippen LogP contribution in [-0.2, 0) is 17.8 Å². The molecule has 16 heteroatoms. The van der Waals surface area contributed by atoms with Crippen molar-refractivity contribution in [1.82, 2.24) is 44.4 Å². The SMILES string of the molecule is C=C1CCC(N2Cc3c(ccc(N4CCN(CC5CCN(CCN6CCN(c7ccc(Cc8ncc9c(C)c(C(C)=O)c(=O)n(C%10CCCC%10)c9n8)nc7)CC6)CC5)CC4)c3Cl)C2=O)C(=O)N1. The predicted molar refractivity (Wildman–Crippen MR) is 261 cm³/mol. The second-order valence-electron chi connectivity index (χ2n) is 19.8. The maximum Gasteiger partial charge on any atom is 0.263 e. The monoisotopic (exact) mass is 929 g/mol. The predicted octanol–water partition coefficient (Wildman–Crippen LogP) is 5.46. The number of fused-ring (bicyclic) bond motifs is 2. The number of carbonyl (C=O) groups is 3. The van der Waals surface area contributed by atoms with Gasteiger partial charge in [0.1, 0.15) is 17.5 Å². The van der Waals surface area contributed by atoms with Gasteiger partial charge in [-0.2, -0.15) is 0 Å². The van der Waals surface area contributed by atoms with E-state index in [0.717, 1.165) is 139 Å². The lowest BCUT2D eigenvalue weighted by molar-refractivity contribution is -0.126. The Hall–Kier alpha value is -5.22. The van der Waals surface area contributed by atoms with Gasteiger partial charge in [-0.3, -0.25) is 38.5 Å². The molecule has 0 spiro atoms. The molecule has 1 atom stereocenters. The van der Waals surface area contributed by atoms with Gasteiger partial charge in [0.25, 0.3) is 11.5 Å². The van der Waals surface area contributed by atoms with Gasteiger partial charge in [-0.15, -0.1) is 0 Å². The maximum absolute atomic E-state index is 13.6. The Morgan fingerprint density at radius 2 is 1.52 bits per heavy atom. The fraction of sp³-hybridized carbons (Fsp3) is 0.549. The number of benzene rings is 1. The molecule has 2 amide bonds. The zero-order chi connectivity index (χ0) is 46.3. The number of carbonyl (C=O) groups excluding carboxylic acids is 3. The third-order valence-electron chi connectivity index (χ3n) is 15.6. The first-order valence-electron chi connectivity index (χ1n) is 24.6. The van der Waals surface area contributed by atoms with Crippen molar-refractivity contribution in [1.29, 1.82) is 0 Å². The number of hydrogen-bond donors (Lipinski definition) is 1. The van der Waals surface area contributed by atoms with Crippen LogP contribution in [0, 0.1) is 12.8 Å². The Morgan fingerprint density at radius 1 is 0.821 bits per heavy atom. The molecule has 8 heterocycles. The topological polar surface area (TPSA) is 143 Å². The summed E-state index contributed by atoms with van der Waals surface area (Å²) in [5.41, 5.74) is 6.45. The second-order valence-corrected chi connectivity index (χ2v) is 20.2. The highest BCUT2D eigenvalue weighted by atomic mass is 35.5. The minimum atomic E-state index is -0.493.